The summed E-state index contributed by atoms with van der Waals surface area (Å²) >= 11 is 5.98. The Labute approximate surface area is 113 Å². The molecule has 1 saturated heterocycles. The lowest BCUT2D eigenvalue weighted by atomic mass is 9.84. The summed E-state index contributed by atoms with van der Waals surface area (Å²) in [5.74, 6) is 0. The van der Waals surface area contributed by atoms with E-state index in [1.807, 2.05) is 38.1 Å². The maximum absolute atomic E-state index is 9.76. The lowest BCUT2D eigenvalue weighted by molar-refractivity contribution is -0.0653. The monoisotopic (exact) mass is 269 g/mol. The number of ether oxygens (including phenoxy) is 1. The minimum absolute atomic E-state index is 0.0948. The molecule has 1 heterocycles. The third kappa shape index (κ3) is 3.16. The molecule has 0 spiro atoms. The molecule has 2 rings (SSSR count). The molecular weight excluding hydrogens is 250 g/mol. The van der Waals surface area contributed by atoms with Crippen LogP contribution in [0.5, 0.6) is 0 Å². The van der Waals surface area contributed by atoms with Crippen molar-refractivity contribution >= 4 is 17.3 Å². The highest BCUT2D eigenvalue weighted by molar-refractivity contribution is 6.30. The first-order valence-corrected chi connectivity index (χ1v) is 6.71. The first kappa shape index (κ1) is 13.7. The fourth-order valence-electron chi connectivity index (χ4n) is 2.82. The molecule has 1 aliphatic rings. The van der Waals surface area contributed by atoms with Gasteiger partial charge in [0, 0.05) is 10.7 Å². The second-order valence-electron chi connectivity index (χ2n) is 5.24. The molecule has 18 heavy (non-hydrogen) atoms. The molecule has 3 nitrogen and oxygen atoms in total. The lowest BCUT2D eigenvalue weighted by Crippen LogP contribution is -2.51. The number of hydrogen-bond acceptors (Lipinski definition) is 3. The maximum Gasteiger partial charge on any atom is 0.0663 e. The molecule has 0 aliphatic carbocycles. The Hall–Kier alpha value is -0.770. The van der Waals surface area contributed by atoms with E-state index in [4.69, 9.17) is 16.3 Å². The number of benzene rings is 1. The van der Waals surface area contributed by atoms with E-state index in [0.717, 1.165) is 18.5 Å². The molecule has 0 radical (unpaired) electrons. The quantitative estimate of drug-likeness (QED) is 0.886. The molecule has 1 fully saturated rings. The zero-order valence-electron chi connectivity index (χ0n) is 10.8. The Bertz CT molecular complexity index is 401. The fraction of sp³-hybridized carbons (Fsp3) is 0.571. The molecule has 4 heteroatoms. The van der Waals surface area contributed by atoms with Crippen molar-refractivity contribution in [1.29, 1.82) is 0 Å². The van der Waals surface area contributed by atoms with E-state index in [-0.39, 0.29) is 24.4 Å². The molecule has 2 atom stereocenters. The zero-order chi connectivity index (χ0) is 13.2. The fourth-order valence-corrected chi connectivity index (χ4v) is 3.01. The first-order valence-electron chi connectivity index (χ1n) is 6.33. The summed E-state index contributed by atoms with van der Waals surface area (Å²) in [5.41, 5.74) is 0.625. The van der Waals surface area contributed by atoms with Crippen LogP contribution in [0.25, 0.3) is 0 Å². The minimum Gasteiger partial charge on any atom is -0.394 e. The van der Waals surface area contributed by atoms with E-state index in [1.165, 1.54) is 0 Å². The molecule has 2 unspecified atom stereocenters. The Morgan fingerprint density at radius 2 is 2.06 bits per heavy atom. The van der Waals surface area contributed by atoms with Crippen LogP contribution >= 0.6 is 11.6 Å². The van der Waals surface area contributed by atoms with Gasteiger partial charge in [-0.2, -0.15) is 0 Å². The normalized spacial score (nSPS) is 32.2. The van der Waals surface area contributed by atoms with Crippen LogP contribution in [-0.2, 0) is 4.74 Å². The Morgan fingerprint density at radius 1 is 1.39 bits per heavy atom. The highest BCUT2D eigenvalue weighted by Gasteiger charge is 2.38. The van der Waals surface area contributed by atoms with Gasteiger partial charge in [0.15, 0.2) is 0 Å². The van der Waals surface area contributed by atoms with Crippen molar-refractivity contribution in [1.82, 2.24) is 0 Å². The van der Waals surface area contributed by atoms with Gasteiger partial charge in [0.2, 0.25) is 0 Å². The van der Waals surface area contributed by atoms with E-state index in [9.17, 15) is 5.11 Å². The Kier molecular flexibility index (Phi) is 4.15. The summed E-state index contributed by atoms with van der Waals surface area (Å²) < 4.78 is 5.73. The van der Waals surface area contributed by atoms with Crippen molar-refractivity contribution in [3.8, 4) is 0 Å². The van der Waals surface area contributed by atoms with E-state index in [1.54, 1.807) is 0 Å². The summed E-state index contributed by atoms with van der Waals surface area (Å²) in [4.78, 5) is 0. The number of nitrogens with one attached hydrogen (secondary N) is 1. The topological polar surface area (TPSA) is 41.5 Å². The van der Waals surface area contributed by atoms with Crippen LogP contribution in [0.1, 0.15) is 26.7 Å². The predicted molar refractivity (Wildman–Crippen MR) is 74.1 cm³/mol. The number of anilines is 1. The first-order chi connectivity index (χ1) is 8.53. The number of hydrogen-bond donors (Lipinski definition) is 2. The van der Waals surface area contributed by atoms with Crippen molar-refractivity contribution in [2.45, 2.75) is 44.4 Å². The van der Waals surface area contributed by atoms with Gasteiger partial charge in [-0.1, -0.05) is 17.7 Å². The Balaban J connectivity index is 2.17. The molecular formula is C14H20ClNO2. The molecule has 0 saturated carbocycles. The zero-order valence-corrected chi connectivity index (χ0v) is 11.6. The SMILES string of the molecule is CC1CC(CO)(Nc2cccc(Cl)c2)CC(C)O1. The smallest absolute Gasteiger partial charge is 0.0663 e. The standard InChI is InChI=1S/C14H20ClNO2/c1-10-7-14(9-17,8-11(2)18-10)16-13-5-3-4-12(15)6-13/h3-6,10-11,16-17H,7-9H2,1-2H3. The summed E-state index contributed by atoms with van der Waals surface area (Å²) in [5, 5.41) is 13.9. The highest BCUT2D eigenvalue weighted by Crippen LogP contribution is 2.32. The van der Waals surface area contributed by atoms with Gasteiger partial charge in [-0.3, -0.25) is 0 Å². The van der Waals surface area contributed by atoms with Crippen molar-refractivity contribution in [2.75, 3.05) is 11.9 Å². The molecule has 0 amide bonds. The number of rotatable bonds is 3. The van der Waals surface area contributed by atoms with Crippen molar-refractivity contribution < 1.29 is 9.84 Å². The molecule has 0 bridgehead atoms. The van der Waals surface area contributed by atoms with E-state index >= 15 is 0 Å². The van der Waals surface area contributed by atoms with E-state index in [2.05, 4.69) is 5.32 Å². The molecule has 2 N–H and O–H groups in total. The molecule has 0 aromatic heterocycles. The van der Waals surface area contributed by atoms with Crippen LogP contribution in [0, 0.1) is 0 Å². The summed E-state index contributed by atoms with van der Waals surface area (Å²) in [6.07, 6.45) is 1.88. The average molecular weight is 270 g/mol. The van der Waals surface area contributed by atoms with Crippen LogP contribution in [0.3, 0.4) is 0 Å². The van der Waals surface area contributed by atoms with Gasteiger partial charge in [-0.05, 0) is 44.9 Å². The molecule has 1 aliphatic heterocycles. The molecule has 1 aromatic rings. The molecule has 100 valence electrons. The van der Waals surface area contributed by atoms with Crippen LogP contribution < -0.4 is 5.32 Å². The van der Waals surface area contributed by atoms with Gasteiger partial charge < -0.3 is 15.2 Å². The summed E-state index contributed by atoms with van der Waals surface area (Å²) in [7, 11) is 0. The summed E-state index contributed by atoms with van der Waals surface area (Å²) in [6, 6.07) is 7.59. The number of halogens is 1. The van der Waals surface area contributed by atoms with Gasteiger partial charge in [0.25, 0.3) is 0 Å². The van der Waals surface area contributed by atoms with Gasteiger partial charge in [-0.25, -0.2) is 0 Å². The second kappa shape index (κ2) is 5.47. The van der Waals surface area contributed by atoms with Crippen molar-refractivity contribution in [3.05, 3.63) is 29.3 Å². The number of aliphatic hydroxyl groups is 1. The van der Waals surface area contributed by atoms with Gasteiger partial charge in [0.05, 0.1) is 24.4 Å². The second-order valence-corrected chi connectivity index (χ2v) is 5.68. The van der Waals surface area contributed by atoms with Crippen LogP contribution in [0.2, 0.25) is 5.02 Å². The Morgan fingerprint density at radius 3 is 2.61 bits per heavy atom. The largest absolute Gasteiger partial charge is 0.394 e. The highest BCUT2D eigenvalue weighted by atomic mass is 35.5. The van der Waals surface area contributed by atoms with Gasteiger partial charge in [-0.15, -0.1) is 0 Å². The van der Waals surface area contributed by atoms with Crippen LogP contribution in [-0.4, -0.2) is 29.5 Å². The third-order valence-electron chi connectivity index (χ3n) is 3.36. The van der Waals surface area contributed by atoms with Crippen LogP contribution in [0.4, 0.5) is 5.69 Å². The van der Waals surface area contributed by atoms with Crippen molar-refractivity contribution in [3.63, 3.8) is 0 Å². The van der Waals surface area contributed by atoms with Crippen LogP contribution in [0.15, 0.2) is 24.3 Å². The maximum atomic E-state index is 9.76. The average Bonchev–Trinajstić information content (AvgIpc) is 2.27. The molecule has 1 aromatic carbocycles. The minimum atomic E-state index is -0.318. The van der Waals surface area contributed by atoms with Gasteiger partial charge in [0.1, 0.15) is 0 Å². The van der Waals surface area contributed by atoms with Gasteiger partial charge >= 0.3 is 0 Å². The number of aliphatic hydroxyl groups excluding tert-OH is 1. The third-order valence-corrected chi connectivity index (χ3v) is 3.59. The van der Waals surface area contributed by atoms with E-state index < -0.39 is 0 Å². The van der Waals surface area contributed by atoms with Crippen molar-refractivity contribution in [2.24, 2.45) is 0 Å². The summed E-state index contributed by atoms with van der Waals surface area (Å²) in [6.45, 7) is 4.18. The lowest BCUT2D eigenvalue weighted by Gasteiger charge is -2.43. The predicted octanol–water partition coefficient (Wildman–Crippen LogP) is 3.07. The van der Waals surface area contributed by atoms with E-state index in [0.29, 0.717) is 5.02 Å².